The lowest BCUT2D eigenvalue weighted by Crippen LogP contribution is -3.18. The molecule has 2 fully saturated rings. The first-order valence-corrected chi connectivity index (χ1v) is 10.8. The SMILES string of the molecule is O=C(/C=C/c1cccc(Br)c1)N1CC[NH+]([C@H]2CCS(=O)(=O)C2)CC1. The molecule has 0 saturated carbocycles. The van der Waals surface area contributed by atoms with Gasteiger partial charge >= 0.3 is 0 Å². The number of hydrogen-bond acceptors (Lipinski definition) is 3. The fourth-order valence-corrected chi connectivity index (χ4v) is 5.67. The number of hydrogen-bond donors (Lipinski definition) is 1. The van der Waals surface area contributed by atoms with Crippen LogP contribution >= 0.6 is 15.9 Å². The molecule has 2 aliphatic heterocycles. The second-order valence-corrected chi connectivity index (χ2v) is 9.62. The van der Waals surface area contributed by atoms with Crippen molar-refractivity contribution in [3.63, 3.8) is 0 Å². The lowest BCUT2D eigenvalue weighted by molar-refractivity contribution is -0.925. The van der Waals surface area contributed by atoms with E-state index in [1.165, 1.54) is 4.90 Å². The summed E-state index contributed by atoms with van der Waals surface area (Å²) in [4.78, 5) is 15.5. The van der Waals surface area contributed by atoms with Crippen molar-refractivity contribution < 1.29 is 18.1 Å². The van der Waals surface area contributed by atoms with Gasteiger partial charge in [-0.15, -0.1) is 0 Å². The van der Waals surface area contributed by atoms with Crippen LogP contribution in [0.2, 0.25) is 0 Å². The highest BCUT2D eigenvalue weighted by Gasteiger charge is 2.37. The normalized spacial score (nSPS) is 24.5. The minimum Gasteiger partial charge on any atom is -0.329 e. The van der Waals surface area contributed by atoms with Crippen molar-refractivity contribution in [3.8, 4) is 0 Å². The number of halogens is 1. The van der Waals surface area contributed by atoms with Crippen LogP contribution in [0, 0.1) is 0 Å². The minimum absolute atomic E-state index is 0.0214. The van der Waals surface area contributed by atoms with Crippen LogP contribution in [-0.4, -0.2) is 63.0 Å². The Morgan fingerprint density at radius 2 is 2.04 bits per heavy atom. The largest absolute Gasteiger partial charge is 0.329 e. The maximum absolute atomic E-state index is 12.3. The van der Waals surface area contributed by atoms with Gasteiger partial charge in [0.05, 0.1) is 31.9 Å². The molecule has 0 aromatic heterocycles. The van der Waals surface area contributed by atoms with E-state index >= 15 is 0 Å². The van der Waals surface area contributed by atoms with Crippen molar-refractivity contribution in [1.29, 1.82) is 0 Å². The number of rotatable bonds is 3. The van der Waals surface area contributed by atoms with E-state index in [0.717, 1.165) is 29.5 Å². The summed E-state index contributed by atoms with van der Waals surface area (Å²) >= 11 is 3.42. The van der Waals surface area contributed by atoms with Gasteiger partial charge in [0, 0.05) is 17.0 Å². The van der Waals surface area contributed by atoms with Crippen LogP contribution in [0.3, 0.4) is 0 Å². The molecule has 2 saturated heterocycles. The van der Waals surface area contributed by atoms with Crippen molar-refractivity contribution in [2.75, 3.05) is 37.7 Å². The highest BCUT2D eigenvalue weighted by Crippen LogP contribution is 2.13. The third-order valence-corrected chi connectivity index (χ3v) is 7.06. The van der Waals surface area contributed by atoms with Gasteiger partial charge in [-0.25, -0.2) is 8.42 Å². The van der Waals surface area contributed by atoms with Gasteiger partial charge in [-0.05, 0) is 23.8 Å². The van der Waals surface area contributed by atoms with Crippen LogP contribution in [-0.2, 0) is 14.6 Å². The summed E-state index contributed by atoms with van der Waals surface area (Å²) in [6, 6.07) is 8.02. The lowest BCUT2D eigenvalue weighted by Gasteiger charge is -2.34. The first-order chi connectivity index (χ1) is 11.4. The second kappa shape index (κ2) is 7.37. The Morgan fingerprint density at radius 3 is 2.67 bits per heavy atom. The van der Waals surface area contributed by atoms with Crippen molar-refractivity contribution in [1.82, 2.24) is 4.90 Å². The van der Waals surface area contributed by atoms with Crippen LogP contribution in [0.15, 0.2) is 34.8 Å². The van der Waals surface area contributed by atoms with Gasteiger partial charge in [-0.3, -0.25) is 4.79 Å². The minimum atomic E-state index is -2.83. The van der Waals surface area contributed by atoms with E-state index < -0.39 is 9.84 Å². The van der Waals surface area contributed by atoms with Crippen molar-refractivity contribution in [2.24, 2.45) is 0 Å². The smallest absolute Gasteiger partial charge is 0.246 e. The van der Waals surface area contributed by atoms with Gasteiger partial charge in [-0.2, -0.15) is 0 Å². The van der Waals surface area contributed by atoms with Crippen LogP contribution in [0.5, 0.6) is 0 Å². The van der Waals surface area contributed by atoms with E-state index in [4.69, 9.17) is 0 Å². The Kier molecular flexibility index (Phi) is 5.42. The zero-order chi connectivity index (χ0) is 17.2. The Hall–Kier alpha value is -1.18. The average Bonchev–Trinajstić information content (AvgIpc) is 2.93. The molecule has 0 aliphatic carbocycles. The quantitative estimate of drug-likeness (QED) is 0.728. The van der Waals surface area contributed by atoms with Gasteiger partial charge in [0.25, 0.3) is 0 Å². The van der Waals surface area contributed by atoms with Crippen LogP contribution in [0.25, 0.3) is 6.08 Å². The Labute approximate surface area is 151 Å². The summed E-state index contributed by atoms with van der Waals surface area (Å²) in [6.07, 6.45) is 4.21. The molecule has 1 N–H and O–H groups in total. The first-order valence-electron chi connectivity index (χ1n) is 8.20. The number of carbonyl (C=O) groups excluding carboxylic acids is 1. The van der Waals surface area contributed by atoms with E-state index in [2.05, 4.69) is 15.9 Å². The molecular formula is C17H22BrN2O3S+. The highest BCUT2D eigenvalue weighted by atomic mass is 79.9. The Morgan fingerprint density at radius 1 is 1.29 bits per heavy atom. The molecule has 2 heterocycles. The van der Waals surface area contributed by atoms with E-state index in [-0.39, 0.29) is 11.9 Å². The summed E-state index contributed by atoms with van der Waals surface area (Å²) in [6.45, 7) is 3.04. The number of carbonyl (C=O) groups is 1. The van der Waals surface area contributed by atoms with Gasteiger partial charge in [-0.1, -0.05) is 28.1 Å². The molecule has 1 aromatic carbocycles. The molecule has 130 valence electrons. The third kappa shape index (κ3) is 4.46. The van der Waals surface area contributed by atoms with E-state index in [1.807, 2.05) is 35.2 Å². The van der Waals surface area contributed by atoms with Crippen LogP contribution < -0.4 is 4.90 Å². The van der Waals surface area contributed by atoms with Crippen molar-refractivity contribution >= 4 is 37.8 Å². The number of nitrogens with zero attached hydrogens (tertiary/aromatic N) is 1. The predicted molar refractivity (Wildman–Crippen MR) is 97.5 cm³/mol. The van der Waals surface area contributed by atoms with E-state index in [9.17, 15) is 13.2 Å². The van der Waals surface area contributed by atoms with Crippen LogP contribution in [0.1, 0.15) is 12.0 Å². The van der Waals surface area contributed by atoms with Crippen LogP contribution in [0.4, 0.5) is 0 Å². The molecule has 1 aromatic rings. The van der Waals surface area contributed by atoms with E-state index in [0.29, 0.717) is 24.6 Å². The van der Waals surface area contributed by atoms with Crippen molar-refractivity contribution in [3.05, 3.63) is 40.4 Å². The molecule has 2 aliphatic rings. The number of quaternary nitrogens is 1. The average molecular weight is 414 g/mol. The highest BCUT2D eigenvalue weighted by molar-refractivity contribution is 9.10. The lowest BCUT2D eigenvalue weighted by atomic mass is 10.2. The zero-order valence-corrected chi connectivity index (χ0v) is 15.9. The molecule has 3 rings (SSSR count). The molecule has 24 heavy (non-hydrogen) atoms. The summed E-state index contributed by atoms with van der Waals surface area (Å²) < 4.78 is 24.2. The van der Waals surface area contributed by atoms with Gasteiger partial charge < -0.3 is 9.80 Å². The topological polar surface area (TPSA) is 58.9 Å². The van der Waals surface area contributed by atoms with Gasteiger partial charge in [0.2, 0.25) is 5.91 Å². The summed E-state index contributed by atoms with van der Waals surface area (Å²) in [7, 11) is -2.83. The first kappa shape index (κ1) is 17.6. The molecule has 1 amide bonds. The molecule has 0 unspecified atom stereocenters. The molecule has 1 atom stereocenters. The zero-order valence-electron chi connectivity index (χ0n) is 13.4. The number of sulfone groups is 1. The summed E-state index contributed by atoms with van der Waals surface area (Å²) in [5, 5.41) is 0. The molecule has 0 radical (unpaired) electrons. The summed E-state index contributed by atoms with van der Waals surface area (Å²) in [5.74, 6) is 0.645. The molecule has 0 spiro atoms. The number of amides is 1. The summed E-state index contributed by atoms with van der Waals surface area (Å²) in [5.41, 5.74) is 0.984. The fraction of sp³-hybridized carbons (Fsp3) is 0.471. The maximum atomic E-state index is 12.3. The number of nitrogens with one attached hydrogen (secondary N) is 1. The Balaban J connectivity index is 1.52. The third-order valence-electron chi connectivity index (χ3n) is 4.79. The monoisotopic (exact) mass is 413 g/mol. The Bertz CT molecular complexity index is 740. The van der Waals surface area contributed by atoms with E-state index in [1.54, 1.807) is 6.08 Å². The molecule has 0 bridgehead atoms. The number of piperazine rings is 1. The fourth-order valence-electron chi connectivity index (χ4n) is 3.42. The molecule has 5 nitrogen and oxygen atoms in total. The van der Waals surface area contributed by atoms with Gasteiger partial charge in [0.15, 0.2) is 9.84 Å². The molecular weight excluding hydrogens is 392 g/mol. The molecule has 7 heteroatoms. The maximum Gasteiger partial charge on any atom is 0.246 e. The standard InChI is InChI=1S/C17H21BrN2O3S/c18-15-3-1-2-14(12-15)4-5-17(21)20-9-7-19(8-10-20)16-6-11-24(22,23)13-16/h1-5,12,16H,6-11,13H2/p+1/b5-4+/t16-/m0/s1. The predicted octanol–water partition coefficient (Wildman–Crippen LogP) is 0.377. The van der Waals surface area contributed by atoms with Gasteiger partial charge in [0.1, 0.15) is 11.8 Å². The number of benzene rings is 1. The van der Waals surface area contributed by atoms with Crippen molar-refractivity contribution in [2.45, 2.75) is 12.5 Å². The second-order valence-electron chi connectivity index (χ2n) is 6.47.